The molecule has 1 aromatic rings. The summed E-state index contributed by atoms with van der Waals surface area (Å²) in [6.07, 6.45) is 3.20. The van der Waals surface area contributed by atoms with E-state index in [2.05, 4.69) is 59.0 Å². The van der Waals surface area contributed by atoms with Gasteiger partial charge in [-0.3, -0.25) is 9.79 Å². The minimum Gasteiger partial charge on any atom is -0.366 e. The molecule has 1 heterocycles. The first-order valence-corrected chi connectivity index (χ1v) is 9.83. The van der Waals surface area contributed by atoms with Gasteiger partial charge in [-0.25, -0.2) is 0 Å². The van der Waals surface area contributed by atoms with Crippen molar-refractivity contribution in [1.29, 1.82) is 0 Å². The molecular formula is C20H32IN5O. The fraction of sp³-hybridized carbons (Fsp3) is 0.600. The Bertz CT molecular complexity index is 647. The molecule has 0 aromatic heterocycles. The largest absolute Gasteiger partial charge is 0.366 e. The Morgan fingerprint density at radius 1 is 1.22 bits per heavy atom. The first-order valence-electron chi connectivity index (χ1n) is 9.83. The van der Waals surface area contributed by atoms with Gasteiger partial charge in [-0.15, -0.1) is 24.0 Å². The van der Waals surface area contributed by atoms with Crippen LogP contribution >= 0.6 is 24.0 Å². The number of fused-ring (bicyclic) bond motifs is 1. The molecule has 0 bridgehead atoms. The Labute approximate surface area is 179 Å². The van der Waals surface area contributed by atoms with E-state index >= 15 is 0 Å². The maximum absolute atomic E-state index is 11.6. The molecule has 1 aliphatic heterocycles. The Morgan fingerprint density at radius 3 is 2.70 bits per heavy atom. The van der Waals surface area contributed by atoms with Gasteiger partial charge in [0.05, 0.1) is 6.54 Å². The number of amides is 1. The summed E-state index contributed by atoms with van der Waals surface area (Å²) in [6, 6.07) is 8.99. The lowest BCUT2D eigenvalue weighted by Gasteiger charge is -2.26. The number of carbonyl (C=O) groups excluding carboxylic acids is 1. The minimum absolute atomic E-state index is 0. The maximum atomic E-state index is 11.6. The van der Waals surface area contributed by atoms with Gasteiger partial charge in [0.25, 0.3) is 0 Å². The number of anilines is 1. The van der Waals surface area contributed by atoms with Crippen molar-refractivity contribution < 1.29 is 4.79 Å². The Balaban J connectivity index is 0.00000261. The maximum Gasteiger partial charge on any atom is 0.223 e. The molecule has 7 heteroatoms. The van der Waals surface area contributed by atoms with E-state index in [-0.39, 0.29) is 35.8 Å². The van der Waals surface area contributed by atoms with E-state index in [0.717, 1.165) is 44.9 Å². The van der Waals surface area contributed by atoms with Crippen molar-refractivity contribution in [2.75, 3.05) is 37.6 Å². The van der Waals surface area contributed by atoms with Gasteiger partial charge in [-0.1, -0.05) is 18.2 Å². The molecule has 0 radical (unpaired) electrons. The number of nitrogens with one attached hydrogen (secondary N) is 3. The van der Waals surface area contributed by atoms with E-state index < -0.39 is 0 Å². The topological polar surface area (TPSA) is 68.8 Å². The molecule has 6 nitrogen and oxygen atoms in total. The second-order valence-electron chi connectivity index (χ2n) is 7.13. The van der Waals surface area contributed by atoms with Crippen LogP contribution in [0.1, 0.15) is 32.3 Å². The highest BCUT2D eigenvalue weighted by Crippen LogP contribution is 2.29. The molecule has 0 saturated heterocycles. The van der Waals surface area contributed by atoms with Gasteiger partial charge in [0.1, 0.15) is 0 Å². The number of rotatable bonds is 8. The van der Waals surface area contributed by atoms with E-state index in [1.807, 2.05) is 0 Å². The van der Waals surface area contributed by atoms with Crippen LogP contribution < -0.4 is 20.9 Å². The SMILES string of the molecule is CCNC(=NCC(C)N1CCc2ccccc21)NCCNC(=O)C1CC1.I. The zero-order valence-corrected chi connectivity index (χ0v) is 18.7. The van der Waals surface area contributed by atoms with Gasteiger partial charge < -0.3 is 20.9 Å². The number of para-hydroxylation sites is 1. The first kappa shape index (κ1) is 21.8. The molecular weight excluding hydrogens is 453 g/mol. The van der Waals surface area contributed by atoms with E-state index in [1.54, 1.807) is 0 Å². The average molecular weight is 485 g/mol. The molecule has 1 amide bonds. The van der Waals surface area contributed by atoms with E-state index in [1.165, 1.54) is 11.3 Å². The monoisotopic (exact) mass is 485 g/mol. The normalized spacial score (nSPS) is 17.0. The van der Waals surface area contributed by atoms with Crippen LogP contribution in [-0.2, 0) is 11.2 Å². The molecule has 3 rings (SSSR count). The third-order valence-corrected chi connectivity index (χ3v) is 4.98. The van der Waals surface area contributed by atoms with Crippen LogP contribution in [0.3, 0.4) is 0 Å². The number of hydrogen-bond acceptors (Lipinski definition) is 3. The third-order valence-electron chi connectivity index (χ3n) is 4.98. The Kier molecular flexibility index (Phi) is 8.66. The number of halogens is 1. The third kappa shape index (κ3) is 6.26. The van der Waals surface area contributed by atoms with Crippen molar-refractivity contribution in [1.82, 2.24) is 16.0 Å². The molecule has 1 unspecified atom stereocenters. The fourth-order valence-electron chi connectivity index (χ4n) is 3.34. The zero-order chi connectivity index (χ0) is 18.4. The lowest BCUT2D eigenvalue weighted by molar-refractivity contribution is -0.122. The second kappa shape index (κ2) is 10.7. The van der Waals surface area contributed by atoms with E-state index in [9.17, 15) is 4.79 Å². The van der Waals surface area contributed by atoms with E-state index in [0.29, 0.717) is 19.1 Å². The number of guanidine groups is 1. The van der Waals surface area contributed by atoms with Gasteiger partial charge in [0, 0.05) is 43.8 Å². The van der Waals surface area contributed by atoms with Crippen molar-refractivity contribution in [2.24, 2.45) is 10.9 Å². The molecule has 150 valence electrons. The summed E-state index contributed by atoms with van der Waals surface area (Å²) < 4.78 is 0. The Morgan fingerprint density at radius 2 is 1.96 bits per heavy atom. The summed E-state index contributed by atoms with van der Waals surface area (Å²) >= 11 is 0. The van der Waals surface area contributed by atoms with Crippen molar-refractivity contribution in [3.05, 3.63) is 29.8 Å². The van der Waals surface area contributed by atoms with Crippen LogP contribution in [0.25, 0.3) is 0 Å². The predicted molar refractivity (Wildman–Crippen MR) is 122 cm³/mol. The van der Waals surface area contributed by atoms with Crippen LogP contribution in [0.15, 0.2) is 29.3 Å². The van der Waals surface area contributed by atoms with Gasteiger partial charge in [-0.2, -0.15) is 0 Å². The van der Waals surface area contributed by atoms with Gasteiger partial charge in [-0.05, 0) is 44.7 Å². The number of benzene rings is 1. The zero-order valence-electron chi connectivity index (χ0n) is 16.3. The summed E-state index contributed by atoms with van der Waals surface area (Å²) in [6.45, 7) is 8.23. The predicted octanol–water partition coefficient (Wildman–Crippen LogP) is 2.14. The lowest BCUT2D eigenvalue weighted by atomic mass is 10.2. The summed E-state index contributed by atoms with van der Waals surface area (Å²) in [5, 5.41) is 9.55. The number of aliphatic imine (C=N–C) groups is 1. The van der Waals surface area contributed by atoms with Crippen molar-refractivity contribution in [3.8, 4) is 0 Å². The van der Waals surface area contributed by atoms with Crippen LogP contribution in [0.2, 0.25) is 0 Å². The van der Waals surface area contributed by atoms with Crippen molar-refractivity contribution in [2.45, 2.75) is 39.2 Å². The highest BCUT2D eigenvalue weighted by Gasteiger charge is 2.29. The fourth-order valence-corrected chi connectivity index (χ4v) is 3.34. The molecule has 2 aliphatic rings. The number of carbonyl (C=O) groups is 1. The first-order chi connectivity index (χ1) is 12.7. The van der Waals surface area contributed by atoms with Gasteiger partial charge in [0.2, 0.25) is 5.91 Å². The lowest BCUT2D eigenvalue weighted by Crippen LogP contribution is -2.43. The highest BCUT2D eigenvalue weighted by molar-refractivity contribution is 14.0. The summed E-state index contributed by atoms with van der Waals surface area (Å²) in [7, 11) is 0. The van der Waals surface area contributed by atoms with Gasteiger partial charge in [0.15, 0.2) is 5.96 Å². The molecule has 1 aliphatic carbocycles. The number of nitrogens with zero attached hydrogens (tertiary/aromatic N) is 2. The quantitative estimate of drug-likeness (QED) is 0.229. The van der Waals surface area contributed by atoms with Crippen molar-refractivity contribution in [3.63, 3.8) is 0 Å². The van der Waals surface area contributed by atoms with Crippen LogP contribution in [0, 0.1) is 5.92 Å². The molecule has 3 N–H and O–H groups in total. The van der Waals surface area contributed by atoms with Crippen LogP contribution in [0.4, 0.5) is 5.69 Å². The molecule has 1 aromatic carbocycles. The molecule has 0 spiro atoms. The highest BCUT2D eigenvalue weighted by atomic mass is 127. The summed E-state index contributed by atoms with van der Waals surface area (Å²) in [5.74, 6) is 1.27. The van der Waals surface area contributed by atoms with Crippen LogP contribution in [-0.4, -0.2) is 50.6 Å². The molecule has 1 fully saturated rings. The van der Waals surface area contributed by atoms with Crippen LogP contribution in [0.5, 0.6) is 0 Å². The molecule has 1 atom stereocenters. The van der Waals surface area contributed by atoms with Gasteiger partial charge >= 0.3 is 0 Å². The Hall–Kier alpha value is -1.51. The standard InChI is InChI=1S/C20H31N5O.HI/c1-3-21-20(23-12-11-22-19(26)17-8-9-17)24-14-15(2)25-13-10-16-6-4-5-7-18(16)25;/h4-7,15,17H,3,8-14H2,1-2H3,(H,22,26)(H2,21,23,24);1H. The van der Waals surface area contributed by atoms with E-state index in [4.69, 9.17) is 4.99 Å². The molecule has 27 heavy (non-hydrogen) atoms. The smallest absolute Gasteiger partial charge is 0.223 e. The minimum atomic E-state index is 0. The molecule has 1 saturated carbocycles. The average Bonchev–Trinajstić information content (AvgIpc) is 3.42. The second-order valence-corrected chi connectivity index (χ2v) is 7.13. The summed E-state index contributed by atoms with van der Waals surface area (Å²) in [4.78, 5) is 18.8. The number of hydrogen-bond donors (Lipinski definition) is 3. The summed E-state index contributed by atoms with van der Waals surface area (Å²) in [5.41, 5.74) is 2.77. The van der Waals surface area contributed by atoms with Crippen molar-refractivity contribution >= 4 is 41.5 Å².